The van der Waals surface area contributed by atoms with Gasteiger partial charge in [-0.25, -0.2) is 4.98 Å². The van der Waals surface area contributed by atoms with Gasteiger partial charge in [0.2, 0.25) is 5.89 Å². The fraction of sp³-hybridized carbons (Fsp3) is 0.333. The largest absolute Gasteiger partial charge is 0.469 e. The van der Waals surface area contributed by atoms with Gasteiger partial charge in [-0.3, -0.25) is 9.69 Å². The van der Waals surface area contributed by atoms with Crippen molar-refractivity contribution >= 4 is 5.97 Å². The number of methoxy groups -OCH3 is 1. The van der Waals surface area contributed by atoms with Gasteiger partial charge in [0, 0.05) is 12.1 Å². The van der Waals surface area contributed by atoms with Crippen molar-refractivity contribution in [3.05, 3.63) is 66.1 Å². The SMILES string of the molecule is COC(=O)C1CCN(Cc2nc(-c3cccc(Oc4ccccc4)c3)oc2C)CC1. The van der Waals surface area contributed by atoms with E-state index in [1.165, 1.54) is 7.11 Å². The van der Waals surface area contributed by atoms with Crippen LogP contribution in [-0.2, 0) is 16.1 Å². The topological polar surface area (TPSA) is 64.8 Å². The highest BCUT2D eigenvalue weighted by atomic mass is 16.5. The monoisotopic (exact) mass is 406 g/mol. The lowest BCUT2D eigenvalue weighted by molar-refractivity contribution is -0.147. The number of oxazole rings is 1. The van der Waals surface area contributed by atoms with Gasteiger partial charge in [0.25, 0.3) is 0 Å². The van der Waals surface area contributed by atoms with E-state index in [1.54, 1.807) is 0 Å². The van der Waals surface area contributed by atoms with Crippen LogP contribution >= 0.6 is 0 Å². The first kappa shape index (κ1) is 20.2. The van der Waals surface area contributed by atoms with E-state index < -0.39 is 0 Å². The van der Waals surface area contributed by atoms with E-state index in [0.29, 0.717) is 12.4 Å². The molecule has 0 atom stereocenters. The van der Waals surface area contributed by atoms with Crippen molar-refractivity contribution in [3.8, 4) is 23.0 Å². The molecule has 0 spiro atoms. The molecule has 2 heterocycles. The van der Waals surface area contributed by atoms with Gasteiger partial charge < -0.3 is 13.9 Å². The van der Waals surface area contributed by atoms with Gasteiger partial charge in [-0.1, -0.05) is 24.3 Å². The number of hydrogen-bond acceptors (Lipinski definition) is 6. The summed E-state index contributed by atoms with van der Waals surface area (Å²) in [6.07, 6.45) is 1.63. The first-order valence-electron chi connectivity index (χ1n) is 10.2. The van der Waals surface area contributed by atoms with Gasteiger partial charge in [-0.05, 0) is 63.2 Å². The van der Waals surface area contributed by atoms with Crippen molar-refractivity contribution < 1.29 is 18.7 Å². The highest BCUT2D eigenvalue weighted by Gasteiger charge is 2.26. The molecule has 4 rings (SSSR count). The molecule has 1 saturated heterocycles. The second-order valence-electron chi connectivity index (χ2n) is 7.54. The summed E-state index contributed by atoms with van der Waals surface area (Å²) in [5.41, 5.74) is 1.80. The molecule has 1 aromatic heterocycles. The van der Waals surface area contributed by atoms with Crippen molar-refractivity contribution in [2.45, 2.75) is 26.3 Å². The molecule has 2 aromatic carbocycles. The number of benzene rings is 2. The number of carbonyl (C=O) groups is 1. The minimum atomic E-state index is -0.104. The molecule has 0 unspecified atom stereocenters. The number of aryl methyl sites for hydroxylation is 1. The van der Waals surface area contributed by atoms with Crippen LogP contribution in [0, 0.1) is 12.8 Å². The molecule has 3 aromatic rings. The highest BCUT2D eigenvalue weighted by Crippen LogP contribution is 2.29. The number of hydrogen-bond donors (Lipinski definition) is 0. The van der Waals surface area contributed by atoms with Crippen molar-refractivity contribution in [3.63, 3.8) is 0 Å². The van der Waals surface area contributed by atoms with Crippen LogP contribution in [0.5, 0.6) is 11.5 Å². The fourth-order valence-corrected chi connectivity index (χ4v) is 3.72. The third-order valence-corrected chi connectivity index (χ3v) is 5.45. The lowest BCUT2D eigenvalue weighted by atomic mass is 9.97. The molecule has 0 amide bonds. The Kier molecular flexibility index (Phi) is 6.14. The van der Waals surface area contributed by atoms with Crippen LogP contribution in [0.2, 0.25) is 0 Å². The Labute approximate surface area is 176 Å². The van der Waals surface area contributed by atoms with Crippen LogP contribution in [0.4, 0.5) is 0 Å². The van der Waals surface area contributed by atoms with Crippen LogP contribution in [0.25, 0.3) is 11.5 Å². The smallest absolute Gasteiger partial charge is 0.308 e. The Morgan fingerprint density at radius 2 is 1.83 bits per heavy atom. The summed E-state index contributed by atoms with van der Waals surface area (Å²) in [6, 6.07) is 17.4. The summed E-state index contributed by atoms with van der Waals surface area (Å²) in [7, 11) is 1.45. The molecule has 1 fully saturated rings. The van der Waals surface area contributed by atoms with E-state index in [9.17, 15) is 4.79 Å². The number of nitrogens with zero attached hydrogens (tertiary/aromatic N) is 2. The second-order valence-corrected chi connectivity index (χ2v) is 7.54. The van der Waals surface area contributed by atoms with Crippen LogP contribution in [-0.4, -0.2) is 36.1 Å². The summed E-state index contributed by atoms with van der Waals surface area (Å²) >= 11 is 0. The van der Waals surface area contributed by atoms with E-state index in [1.807, 2.05) is 61.5 Å². The van der Waals surface area contributed by atoms with E-state index in [-0.39, 0.29) is 11.9 Å². The zero-order valence-electron chi connectivity index (χ0n) is 17.3. The molecule has 156 valence electrons. The van der Waals surface area contributed by atoms with Gasteiger partial charge in [-0.2, -0.15) is 0 Å². The number of rotatable bonds is 6. The Morgan fingerprint density at radius 1 is 1.10 bits per heavy atom. The maximum atomic E-state index is 11.7. The third-order valence-electron chi connectivity index (χ3n) is 5.45. The summed E-state index contributed by atoms with van der Waals surface area (Å²) < 4.78 is 16.7. The van der Waals surface area contributed by atoms with Crippen LogP contribution < -0.4 is 4.74 Å². The highest BCUT2D eigenvalue weighted by molar-refractivity contribution is 5.72. The van der Waals surface area contributed by atoms with Crippen molar-refractivity contribution in [2.75, 3.05) is 20.2 Å². The molecule has 1 aliphatic heterocycles. The lowest BCUT2D eigenvalue weighted by Crippen LogP contribution is -2.36. The predicted octanol–water partition coefficient (Wildman–Crippen LogP) is 4.83. The van der Waals surface area contributed by atoms with E-state index >= 15 is 0 Å². The molecule has 0 aliphatic carbocycles. The normalized spacial score (nSPS) is 15.1. The van der Waals surface area contributed by atoms with E-state index in [2.05, 4.69) is 4.90 Å². The quantitative estimate of drug-likeness (QED) is 0.547. The Morgan fingerprint density at radius 3 is 2.57 bits per heavy atom. The van der Waals surface area contributed by atoms with Gasteiger partial charge in [0.15, 0.2) is 0 Å². The Balaban J connectivity index is 1.43. The molecule has 0 bridgehead atoms. The number of piperidine rings is 1. The summed E-state index contributed by atoms with van der Waals surface area (Å²) in [4.78, 5) is 18.8. The maximum Gasteiger partial charge on any atom is 0.308 e. The van der Waals surface area contributed by atoms with Crippen molar-refractivity contribution in [1.29, 1.82) is 0 Å². The first-order chi connectivity index (χ1) is 14.6. The molecule has 0 saturated carbocycles. The molecule has 30 heavy (non-hydrogen) atoms. The molecule has 1 aliphatic rings. The lowest BCUT2D eigenvalue weighted by Gasteiger charge is -2.29. The predicted molar refractivity (Wildman–Crippen MR) is 113 cm³/mol. The maximum absolute atomic E-state index is 11.7. The number of aromatic nitrogens is 1. The minimum absolute atomic E-state index is 0.00701. The fourth-order valence-electron chi connectivity index (χ4n) is 3.72. The van der Waals surface area contributed by atoms with Crippen LogP contribution in [0.1, 0.15) is 24.3 Å². The second kappa shape index (κ2) is 9.13. The molecule has 0 radical (unpaired) electrons. The van der Waals surface area contributed by atoms with E-state index in [4.69, 9.17) is 18.9 Å². The number of esters is 1. The average Bonchev–Trinajstić information content (AvgIpc) is 3.15. The van der Waals surface area contributed by atoms with Crippen LogP contribution in [0.3, 0.4) is 0 Å². The number of ether oxygens (including phenoxy) is 2. The molecular formula is C24H26N2O4. The number of likely N-dealkylation sites (tertiary alicyclic amines) is 1. The van der Waals surface area contributed by atoms with Crippen molar-refractivity contribution in [1.82, 2.24) is 9.88 Å². The Bertz CT molecular complexity index is 991. The van der Waals surface area contributed by atoms with Crippen molar-refractivity contribution in [2.24, 2.45) is 5.92 Å². The summed E-state index contributed by atoms with van der Waals surface area (Å²) in [6.45, 7) is 4.35. The van der Waals surface area contributed by atoms with E-state index in [0.717, 1.165) is 54.4 Å². The van der Waals surface area contributed by atoms with Crippen LogP contribution in [0.15, 0.2) is 59.0 Å². The summed E-state index contributed by atoms with van der Waals surface area (Å²) in [5, 5.41) is 0. The molecular weight excluding hydrogens is 380 g/mol. The van der Waals surface area contributed by atoms with Gasteiger partial charge in [0.05, 0.1) is 18.7 Å². The first-order valence-corrected chi connectivity index (χ1v) is 10.2. The van der Waals surface area contributed by atoms with Gasteiger partial charge in [0.1, 0.15) is 17.3 Å². The zero-order chi connectivity index (χ0) is 20.9. The number of carbonyl (C=O) groups excluding carboxylic acids is 1. The molecule has 6 nitrogen and oxygen atoms in total. The number of para-hydroxylation sites is 1. The standard InChI is InChI=1S/C24H26N2O4/c1-17-22(16-26-13-11-18(12-14-26)24(27)28-2)25-23(29-17)19-7-6-10-21(15-19)30-20-8-4-3-5-9-20/h3-10,15,18H,11-14,16H2,1-2H3. The zero-order valence-corrected chi connectivity index (χ0v) is 17.3. The Hall–Kier alpha value is -3.12. The van der Waals surface area contributed by atoms with Gasteiger partial charge in [-0.15, -0.1) is 0 Å². The minimum Gasteiger partial charge on any atom is -0.469 e. The third kappa shape index (κ3) is 4.71. The molecule has 6 heteroatoms. The summed E-state index contributed by atoms with van der Waals surface area (Å²) in [5.74, 6) is 2.83. The molecule has 0 N–H and O–H groups in total. The average molecular weight is 406 g/mol. The van der Waals surface area contributed by atoms with Gasteiger partial charge >= 0.3 is 5.97 Å².